The number of nitrogens with one attached hydrogen (secondary N) is 1. The molecule has 1 saturated heterocycles. The van der Waals surface area contributed by atoms with Crippen molar-refractivity contribution in [1.29, 1.82) is 0 Å². The topological polar surface area (TPSA) is 39.1 Å². The third-order valence-electron chi connectivity index (χ3n) is 3.80. The molecule has 0 amide bonds. The van der Waals surface area contributed by atoms with Crippen LogP contribution in [0.5, 0.6) is 0 Å². The van der Waals surface area contributed by atoms with Gasteiger partial charge in [0.05, 0.1) is 5.69 Å². The first-order valence-corrected chi connectivity index (χ1v) is 6.58. The van der Waals surface area contributed by atoms with E-state index in [2.05, 4.69) is 34.9 Å². The molecule has 1 aliphatic heterocycles. The monoisotopic (exact) mass is 235 g/mol. The second-order valence-electron chi connectivity index (χ2n) is 5.64. The van der Waals surface area contributed by atoms with Crippen molar-refractivity contribution in [2.45, 2.75) is 51.1 Å². The van der Waals surface area contributed by atoms with Gasteiger partial charge in [0.1, 0.15) is 0 Å². The molecule has 1 aromatic heterocycles. The van der Waals surface area contributed by atoms with E-state index in [9.17, 15) is 0 Å². The maximum Gasteiger partial charge on any atom is 0.203 e. The van der Waals surface area contributed by atoms with Crippen molar-refractivity contribution < 1.29 is 4.74 Å². The van der Waals surface area contributed by atoms with Crippen molar-refractivity contribution in [3.05, 3.63) is 11.9 Å². The molecule has 2 aliphatic rings. The summed E-state index contributed by atoms with van der Waals surface area (Å²) >= 11 is 0. The number of rotatable bonds is 3. The molecule has 0 radical (unpaired) electrons. The summed E-state index contributed by atoms with van der Waals surface area (Å²) in [6.45, 7) is 6.05. The van der Waals surface area contributed by atoms with E-state index >= 15 is 0 Å². The highest BCUT2D eigenvalue weighted by Gasteiger charge is 2.31. The van der Waals surface area contributed by atoms with Crippen LogP contribution in [0.4, 0.5) is 5.95 Å². The number of aromatic nitrogens is 2. The maximum atomic E-state index is 5.43. The molecule has 2 heterocycles. The van der Waals surface area contributed by atoms with E-state index < -0.39 is 0 Å². The third-order valence-corrected chi connectivity index (χ3v) is 3.80. The summed E-state index contributed by atoms with van der Waals surface area (Å²) in [5, 5.41) is 3.64. The van der Waals surface area contributed by atoms with E-state index in [1.54, 1.807) is 0 Å². The van der Waals surface area contributed by atoms with Crippen LogP contribution in [0.2, 0.25) is 0 Å². The molecule has 0 atom stereocenters. The average molecular weight is 235 g/mol. The van der Waals surface area contributed by atoms with Gasteiger partial charge in [-0.2, -0.15) is 0 Å². The highest BCUT2D eigenvalue weighted by atomic mass is 16.5. The fourth-order valence-electron chi connectivity index (χ4n) is 2.46. The van der Waals surface area contributed by atoms with E-state index in [4.69, 9.17) is 4.74 Å². The van der Waals surface area contributed by atoms with Gasteiger partial charge in [-0.25, -0.2) is 4.98 Å². The summed E-state index contributed by atoms with van der Waals surface area (Å²) in [4.78, 5) is 4.62. The second-order valence-corrected chi connectivity index (χ2v) is 5.64. The Hall–Kier alpha value is -1.03. The molecule has 0 aromatic carbocycles. The SMILES string of the molecule is Cc1cn(C2CC2)c(NC2(C)CCOCC2)n1. The molecule has 3 rings (SSSR count). The normalized spacial score (nSPS) is 23.6. The van der Waals surface area contributed by atoms with E-state index in [0.717, 1.165) is 37.7 Å². The van der Waals surface area contributed by atoms with Crippen molar-refractivity contribution in [1.82, 2.24) is 9.55 Å². The van der Waals surface area contributed by atoms with Gasteiger partial charge in [-0.3, -0.25) is 0 Å². The highest BCUT2D eigenvalue weighted by molar-refractivity contribution is 5.34. The van der Waals surface area contributed by atoms with Crippen molar-refractivity contribution in [3.8, 4) is 0 Å². The summed E-state index contributed by atoms with van der Waals surface area (Å²) in [6.07, 6.45) is 6.88. The molecule has 94 valence electrons. The van der Waals surface area contributed by atoms with Gasteiger partial charge < -0.3 is 14.6 Å². The number of hydrogen-bond acceptors (Lipinski definition) is 3. The highest BCUT2D eigenvalue weighted by Crippen LogP contribution is 2.38. The van der Waals surface area contributed by atoms with Gasteiger partial charge in [0.2, 0.25) is 5.95 Å². The summed E-state index contributed by atoms with van der Waals surface area (Å²) in [7, 11) is 0. The molecule has 2 fully saturated rings. The Labute approximate surface area is 102 Å². The van der Waals surface area contributed by atoms with Crippen LogP contribution in [0.25, 0.3) is 0 Å². The molecule has 4 nitrogen and oxygen atoms in total. The van der Waals surface area contributed by atoms with Gasteiger partial charge in [0.25, 0.3) is 0 Å². The Morgan fingerprint density at radius 1 is 1.41 bits per heavy atom. The van der Waals surface area contributed by atoms with Crippen molar-refractivity contribution in [3.63, 3.8) is 0 Å². The van der Waals surface area contributed by atoms with Crippen LogP contribution in [0.3, 0.4) is 0 Å². The zero-order valence-electron chi connectivity index (χ0n) is 10.7. The van der Waals surface area contributed by atoms with Crippen molar-refractivity contribution >= 4 is 5.95 Å². The van der Waals surface area contributed by atoms with Gasteiger partial charge in [0.15, 0.2) is 0 Å². The lowest BCUT2D eigenvalue weighted by atomic mass is 9.93. The number of nitrogens with zero attached hydrogens (tertiary/aromatic N) is 2. The quantitative estimate of drug-likeness (QED) is 0.875. The standard InChI is InChI=1S/C13H21N3O/c1-10-9-16(11-3-4-11)12(14-10)15-13(2)5-7-17-8-6-13/h9,11H,3-8H2,1-2H3,(H,14,15). The Morgan fingerprint density at radius 3 is 2.76 bits per heavy atom. The number of aryl methyl sites for hydroxylation is 1. The lowest BCUT2D eigenvalue weighted by Crippen LogP contribution is -2.41. The van der Waals surface area contributed by atoms with E-state index in [1.807, 2.05) is 0 Å². The second kappa shape index (κ2) is 4.02. The molecule has 1 aliphatic carbocycles. The maximum absolute atomic E-state index is 5.43. The molecule has 0 spiro atoms. The molecule has 4 heteroatoms. The first-order valence-electron chi connectivity index (χ1n) is 6.58. The van der Waals surface area contributed by atoms with Crippen LogP contribution >= 0.6 is 0 Å². The first kappa shape index (κ1) is 11.1. The van der Waals surface area contributed by atoms with Gasteiger partial charge in [-0.05, 0) is 39.5 Å². The lowest BCUT2D eigenvalue weighted by molar-refractivity contribution is 0.0655. The predicted octanol–water partition coefficient (Wildman–Crippen LogP) is 2.51. The minimum Gasteiger partial charge on any atom is -0.381 e. The van der Waals surface area contributed by atoms with Gasteiger partial charge >= 0.3 is 0 Å². The number of anilines is 1. The smallest absolute Gasteiger partial charge is 0.203 e. The summed E-state index contributed by atoms with van der Waals surface area (Å²) < 4.78 is 7.75. The summed E-state index contributed by atoms with van der Waals surface area (Å²) in [5.41, 5.74) is 1.25. The Bertz CT molecular complexity index is 403. The average Bonchev–Trinajstić information content (AvgIpc) is 3.05. The molecule has 0 unspecified atom stereocenters. The number of imidazole rings is 1. The molecule has 1 N–H and O–H groups in total. The molecular weight excluding hydrogens is 214 g/mol. The summed E-state index contributed by atoms with van der Waals surface area (Å²) in [6, 6.07) is 0.683. The predicted molar refractivity (Wildman–Crippen MR) is 67.3 cm³/mol. The summed E-state index contributed by atoms with van der Waals surface area (Å²) in [5.74, 6) is 1.05. The Kier molecular flexibility index (Phi) is 2.62. The number of ether oxygens (including phenoxy) is 1. The molecule has 0 bridgehead atoms. The van der Waals surface area contributed by atoms with Crippen molar-refractivity contribution in [2.75, 3.05) is 18.5 Å². The Balaban J connectivity index is 1.79. The van der Waals surface area contributed by atoms with Gasteiger partial charge in [0, 0.05) is 31.0 Å². The van der Waals surface area contributed by atoms with Crippen LogP contribution in [-0.2, 0) is 4.74 Å². The van der Waals surface area contributed by atoms with Gasteiger partial charge in [-0.15, -0.1) is 0 Å². The fourth-order valence-corrected chi connectivity index (χ4v) is 2.46. The lowest BCUT2D eigenvalue weighted by Gasteiger charge is -2.35. The van der Waals surface area contributed by atoms with E-state index in [1.165, 1.54) is 12.8 Å². The van der Waals surface area contributed by atoms with Crippen LogP contribution in [0.1, 0.15) is 44.3 Å². The third kappa shape index (κ3) is 2.32. The van der Waals surface area contributed by atoms with Crippen LogP contribution in [0, 0.1) is 6.92 Å². The van der Waals surface area contributed by atoms with E-state index in [-0.39, 0.29) is 5.54 Å². The Morgan fingerprint density at radius 2 is 2.12 bits per heavy atom. The fraction of sp³-hybridized carbons (Fsp3) is 0.769. The molecule has 17 heavy (non-hydrogen) atoms. The molecular formula is C13H21N3O. The van der Waals surface area contributed by atoms with Crippen LogP contribution in [0.15, 0.2) is 6.20 Å². The molecule has 1 aromatic rings. The van der Waals surface area contributed by atoms with Crippen LogP contribution < -0.4 is 5.32 Å². The number of hydrogen-bond donors (Lipinski definition) is 1. The molecule has 1 saturated carbocycles. The van der Waals surface area contributed by atoms with Crippen molar-refractivity contribution in [2.24, 2.45) is 0 Å². The zero-order valence-corrected chi connectivity index (χ0v) is 10.7. The first-order chi connectivity index (χ1) is 8.16. The minimum absolute atomic E-state index is 0.142. The zero-order chi connectivity index (χ0) is 11.9. The van der Waals surface area contributed by atoms with E-state index in [0.29, 0.717) is 6.04 Å². The minimum atomic E-state index is 0.142. The van der Waals surface area contributed by atoms with Gasteiger partial charge in [-0.1, -0.05) is 0 Å². The van der Waals surface area contributed by atoms with Crippen LogP contribution in [-0.4, -0.2) is 28.3 Å². The largest absolute Gasteiger partial charge is 0.381 e.